The number of aryl methyl sites for hydroxylation is 1. The summed E-state index contributed by atoms with van der Waals surface area (Å²) in [7, 11) is 2.10. The average Bonchev–Trinajstić information content (AvgIpc) is 2.21. The van der Waals surface area contributed by atoms with E-state index in [1.165, 1.54) is 0 Å². The van der Waals surface area contributed by atoms with Crippen molar-refractivity contribution in [2.24, 2.45) is 0 Å². The van der Waals surface area contributed by atoms with Crippen molar-refractivity contribution in [2.75, 3.05) is 29.7 Å². The van der Waals surface area contributed by atoms with Gasteiger partial charge in [-0.2, -0.15) is 11.8 Å². The van der Waals surface area contributed by atoms with Crippen LogP contribution in [-0.2, 0) is 0 Å². The number of thioether (sulfide) groups is 1. The molecule has 84 valence electrons. The first-order valence-corrected chi connectivity index (χ1v) is 6.54. The van der Waals surface area contributed by atoms with Crippen LogP contribution in [0.2, 0.25) is 0 Å². The lowest BCUT2D eigenvalue weighted by molar-refractivity contribution is 0.766. The molecule has 0 aliphatic carbocycles. The van der Waals surface area contributed by atoms with Crippen LogP contribution in [0.25, 0.3) is 0 Å². The Morgan fingerprint density at radius 1 is 1.47 bits per heavy atom. The van der Waals surface area contributed by atoms with Crippen LogP contribution in [-0.4, -0.2) is 25.1 Å². The highest BCUT2D eigenvalue weighted by Crippen LogP contribution is 2.26. The van der Waals surface area contributed by atoms with Crippen LogP contribution in [0.5, 0.6) is 0 Å². The second-order valence-corrected chi connectivity index (χ2v) is 4.83. The van der Waals surface area contributed by atoms with E-state index >= 15 is 0 Å². The molecule has 3 heteroatoms. The normalized spacial score (nSPS) is 12.5. The van der Waals surface area contributed by atoms with Crippen LogP contribution in [0.15, 0.2) is 18.2 Å². The van der Waals surface area contributed by atoms with E-state index in [-0.39, 0.29) is 0 Å². The summed E-state index contributed by atoms with van der Waals surface area (Å²) >= 11 is 1.86. The number of anilines is 2. The topological polar surface area (TPSA) is 29.3 Å². The zero-order chi connectivity index (χ0) is 11.4. The van der Waals surface area contributed by atoms with E-state index < -0.39 is 0 Å². The molecule has 1 rings (SSSR count). The summed E-state index contributed by atoms with van der Waals surface area (Å²) in [6.07, 6.45) is 2.13. The van der Waals surface area contributed by atoms with E-state index in [0.717, 1.165) is 22.7 Å². The standard InChI is InChI=1S/C12H20N2S/c1-9-6-5-7-11(12(9)13)14(3)10(2)8-15-4/h5-7,10H,8,13H2,1-4H3. The van der Waals surface area contributed by atoms with E-state index in [9.17, 15) is 0 Å². The number of hydrogen-bond donors (Lipinski definition) is 1. The van der Waals surface area contributed by atoms with Crippen molar-refractivity contribution < 1.29 is 0 Å². The number of benzene rings is 1. The highest BCUT2D eigenvalue weighted by molar-refractivity contribution is 7.98. The minimum atomic E-state index is 0.504. The smallest absolute Gasteiger partial charge is 0.0602 e. The highest BCUT2D eigenvalue weighted by atomic mass is 32.2. The van der Waals surface area contributed by atoms with Gasteiger partial charge in [-0.15, -0.1) is 0 Å². The van der Waals surface area contributed by atoms with Gasteiger partial charge in [-0.25, -0.2) is 0 Å². The molecular formula is C12H20N2S. The summed E-state index contributed by atoms with van der Waals surface area (Å²) in [6.45, 7) is 4.27. The quantitative estimate of drug-likeness (QED) is 0.797. The van der Waals surface area contributed by atoms with Gasteiger partial charge in [0.2, 0.25) is 0 Å². The number of rotatable bonds is 4. The molecular weight excluding hydrogens is 204 g/mol. The molecule has 1 unspecified atom stereocenters. The Hall–Kier alpha value is -0.830. The average molecular weight is 224 g/mol. The van der Waals surface area contributed by atoms with Gasteiger partial charge in [-0.1, -0.05) is 12.1 Å². The molecule has 0 saturated heterocycles. The maximum Gasteiger partial charge on any atom is 0.0602 e. The third kappa shape index (κ3) is 2.81. The third-order valence-corrected chi connectivity index (χ3v) is 3.57. The maximum atomic E-state index is 6.07. The molecule has 2 nitrogen and oxygen atoms in total. The zero-order valence-corrected chi connectivity index (χ0v) is 10.8. The lowest BCUT2D eigenvalue weighted by Gasteiger charge is -2.28. The highest BCUT2D eigenvalue weighted by Gasteiger charge is 2.12. The van der Waals surface area contributed by atoms with Gasteiger partial charge < -0.3 is 10.6 Å². The first kappa shape index (κ1) is 12.2. The van der Waals surface area contributed by atoms with Gasteiger partial charge in [-0.05, 0) is 31.7 Å². The van der Waals surface area contributed by atoms with Crippen LogP contribution < -0.4 is 10.6 Å². The van der Waals surface area contributed by atoms with Gasteiger partial charge in [0.05, 0.1) is 11.4 Å². The van der Waals surface area contributed by atoms with Crippen LogP contribution in [0, 0.1) is 6.92 Å². The molecule has 0 aliphatic rings. The predicted molar refractivity (Wildman–Crippen MR) is 71.8 cm³/mol. The van der Waals surface area contributed by atoms with Crippen LogP contribution in [0.1, 0.15) is 12.5 Å². The van der Waals surface area contributed by atoms with Crippen molar-refractivity contribution in [3.05, 3.63) is 23.8 Å². The predicted octanol–water partition coefficient (Wildman–Crippen LogP) is 2.76. The molecule has 15 heavy (non-hydrogen) atoms. The molecule has 0 fully saturated rings. The number of nitrogens with two attached hydrogens (primary N) is 1. The Morgan fingerprint density at radius 3 is 2.73 bits per heavy atom. The Kier molecular flexibility index (Phi) is 4.33. The fourth-order valence-corrected chi connectivity index (χ4v) is 2.27. The molecule has 2 N–H and O–H groups in total. The summed E-state index contributed by atoms with van der Waals surface area (Å²) in [4.78, 5) is 2.25. The molecule has 0 aliphatic heterocycles. The number of nitrogen functional groups attached to an aromatic ring is 1. The molecule has 0 radical (unpaired) electrons. The van der Waals surface area contributed by atoms with Crippen molar-refractivity contribution in [1.29, 1.82) is 0 Å². The summed E-state index contributed by atoms with van der Waals surface area (Å²) in [5, 5.41) is 0. The van der Waals surface area contributed by atoms with Crippen molar-refractivity contribution in [3.63, 3.8) is 0 Å². The maximum absolute atomic E-state index is 6.07. The number of nitrogens with zero attached hydrogens (tertiary/aromatic N) is 1. The van der Waals surface area contributed by atoms with E-state index in [1.54, 1.807) is 0 Å². The van der Waals surface area contributed by atoms with Gasteiger partial charge in [0.1, 0.15) is 0 Å². The second-order valence-electron chi connectivity index (χ2n) is 3.92. The fourth-order valence-electron chi connectivity index (χ4n) is 1.56. The molecule has 0 bridgehead atoms. The first-order chi connectivity index (χ1) is 7.07. The van der Waals surface area contributed by atoms with E-state index in [4.69, 9.17) is 5.73 Å². The van der Waals surface area contributed by atoms with Gasteiger partial charge in [0.25, 0.3) is 0 Å². The molecule has 1 aromatic carbocycles. The molecule has 0 saturated carbocycles. The summed E-state index contributed by atoms with van der Waals surface area (Å²) < 4.78 is 0. The van der Waals surface area contributed by atoms with E-state index in [0.29, 0.717) is 6.04 Å². The lowest BCUT2D eigenvalue weighted by atomic mass is 10.1. The zero-order valence-electron chi connectivity index (χ0n) is 9.95. The van der Waals surface area contributed by atoms with Gasteiger partial charge in [0, 0.05) is 18.8 Å². The molecule has 1 aromatic rings. The monoisotopic (exact) mass is 224 g/mol. The minimum Gasteiger partial charge on any atom is -0.397 e. The van der Waals surface area contributed by atoms with Crippen LogP contribution in [0.4, 0.5) is 11.4 Å². The Balaban J connectivity index is 2.90. The van der Waals surface area contributed by atoms with Crippen molar-refractivity contribution in [1.82, 2.24) is 0 Å². The number of para-hydroxylation sites is 1. The fraction of sp³-hybridized carbons (Fsp3) is 0.500. The number of hydrogen-bond acceptors (Lipinski definition) is 3. The molecule has 0 heterocycles. The Morgan fingerprint density at radius 2 is 2.13 bits per heavy atom. The van der Waals surface area contributed by atoms with Crippen LogP contribution in [0.3, 0.4) is 0 Å². The summed E-state index contributed by atoms with van der Waals surface area (Å²) in [5.74, 6) is 1.11. The molecule has 0 amide bonds. The largest absolute Gasteiger partial charge is 0.397 e. The Labute approximate surface area is 96.8 Å². The van der Waals surface area contributed by atoms with Crippen molar-refractivity contribution in [3.8, 4) is 0 Å². The molecule has 0 aromatic heterocycles. The van der Waals surface area contributed by atoms with Crippen LogP contribution >= 0.6 is 11.8 Å². The van der Waals surface area contributed by atoms with Crippen molar-refractivity contribution in [2.45, 2.75) is 19.9 Å². The first-order valence-electron chi connectivity index (χ1n) is 5.14. The summed E-state index contributed by atoms with van der Waals surface area (Å²) in [6, 6.07) is 6.69. The summed E-state index contributed by atoms with van der Waals surface area (Å²) in [5.41, 5.74) is 9.25. The van der Waals surface area contributed by atoms with Crippen molar-refractivity contribution >= 4 is 23.1 Å². The van der Waals surface area contributed by atoms with E-state index in [1.807, 2.05) is 24.8 Å². The molecule has 1 atom stereocenters. The second kappa shape index (κ2) is 5.31. The lowest BCUT2D eigenvalue weighted by Crippen LogP contribution is -2.31. The minimum absolute atomic E-state index is 0.504. The Bertz CT molecular complexity index is 325. The van der Waals surface area contributed by atoms with E-state index in [2.05, 4.69) is 37.3 Å². The van der Waals surface area contributed by atoms with Gasteiger partial charge >= 0.3 is 0 Å². The third-order valence-electron chi connectivity index (χ3n) is 2.75. The SMILES string of the molecule is CSCC(C)N(C)c1cccc(C)c1N. The van der Waals surface area contributed by atoms with Gasteiger partial charge in [-0.3, -0.25) is 0 Å². The molecule has 0 spiro atoms. The van der Waals surface area contributed by atoms with Gasteiger partial charge in [0.15, 0.2) is 0 Å².